The topological polar surface area (TPSA) is 50.8 Å². The lowest BCUT2D eigenvalue weighted by Gasteiger charge is -2.18. The Morgan fingerprint density at radius 3 is 2.58 bits per heavy atom. The first-order valence-electron chi connectivity index (χ1n) is 7.73. The molecule has 1 amide bonds. The van der Waals surface area contributed by atoms with E-state index in [1.807, 2.05) is 7.05 Å². The SMILES string of the molecule is CNCC1CCN(C(=O)COc2ccccc2OCC(F)(F)F)C1. The number of nitrogens with one attached hydrogen (secondary N) is 1. The number of ether oxygens (including phenoxy) is 2. The summed E-state index contributed by atoms with van der Waals surface area (Å²) in [6.07, 6.45) is -3.50. The van der Waals surface area contributed by atoms with Gasteiger partial charge in [0, 0.05) is 13.1 Å². The van der Waals surface area contributed by atoms with Gasteiger partial charge in [0.1, 0.15) is 0 Å². The molecule has 0 saturated carbocycles. The van der Waals surface area contributed by atoms with Crippen molar-refractivity contribution in [2.75, 3.05) is 39.9 Å². The van der Waals surface area contributed by atoms with Crippen molar-refractivity contribution in [2.45, 2.75) is 12.6 Å². The summed E-state index contributed by atoms with van der Waals surface area (Å²) in [5.41, 5.74) is 0. The average molecular weight is 346 g/mol. The number of hydrogen-bond acceptors (Lipinski definition) is 4. The van der Waals surface area contributed by atoms with Crippen molar-refractivity contribution in [3.05, 3.63) is 24.3 Å². The molecule has 1 aliphatic heterocycles. The molecule has 1 N–H and O–H groups in total. The van der Waals surface area contributed by atoms with Crippen LogP contribution in [0.2, 0.25) is 0 Å². The smallest absolute Gasteiger partial charge is 0.422 e. The molecule has 5 nitrogen and oxygen atoms in total. The third kappa shape index (κ3) is 5.59. The molecule has 8 heteroatoms. The maximum atomic E-state index is 12.3. The second-order valence-electron chi connectivity index (χ2n) is 5.69. The van der Waals surface area contributed by atoms with E-state index in [2.05, 4.69) is 5.32 Å². The van der Waals surface area contributed by atoms with Crippen LogP contribution < -0.4 is 14.8 Å². The number of halogens is 3. The molecule has 1 saturated heterocycles. The molecule has 2 rings (SSSR count). The van der Waals surface area contributed by atoms with Crippen molar-refractivity contribution in [2.24, 2.45) is 5.92 Å². The minimum Gasteiger partial charge on any atom is -0.480 e. The molecule has 1 aromatic carbocycles. The number of carbonyl (C=O) groups is 1. The fraction of sp³-hybridized carbons (Fsp3) is 0.562. The highest BCUT2D eigenvalue weighted by Crippen LogP contribution is 2.28. The van der Waals surface area contributed by atoms with Crippen LogP contribution in [0, 0.1) is 5.92 Å². The maximum Gasteiger partial charge on any atom is 0.422 e. The van der Waals surface area contributed by atoms with Crippen LogP contribution in [-0.2, 0) is 4.79 Å². The second-order valence-corrected chi connectivity index (χ2v) is 5.69. The predicted molar refractivity (Wildman–Crippen MR) is 82.1 cm³/mol. The van der Waals surface area contributed by atoms with E-state index in [9.17, 15) is 18.0 Å². The Balaban J connectivity index is 1.87. The molecule has 1 fully saturated rings. The van der Waals surface area contributed by atoms with Crippen molar-refractivity contribution in [3.8, 4) is 11.5 Å². The van der Waals surface area contributed by atoms with Crippen LogP contribution in [-0.4, -0.2) is 56.9 Å². The number of nitrogens with zero attached hydrogens (tertiary/aromatic N) is 1. The normalized spacial score (nSPS) is 17.8. The summed E-state index contributed by atoms with van der Waals surface area (Å²) in [5.74, 6) is 0.332. The van der Waals surface area contributed by atoms with Gasteiger partial charge in [-0.05, 0) is 38.1 Å². The molecule has 0 bridgehead atoms. The van der Waals surface area contributed by atoms with E-state index in [-0.39, 0.29) is 24.0 Å². The number of likely N-dealkylation sites (tertiary alicyclic amines) is 1. The van der Waals surface area contributed by atoms with Gasteiger partial charge >= 0.3 is 6.18 Å². The molecular weight excluding hydrogens is 325 g/mol. The zero-order valence-electron chi connectivity index (χ0n) is 13.4. The lowest BCUT2D eigenvalue weighted by Crippen LogP contribution is -2.34. The Hall–Kier alpha value is -1.96. The fourth-order valence-corrected chi connectivity index (χ4v) is 2.59. The Morgan fingerprint density at radius 2 is 1.96 bits per heavy atom. The standard InChI is InChI=1S/C16H21F3N2O3/c1-20-8-12-6-7-21(9-12)15(22)10-23-13-4-2-3-5-14(13)24-11-16(17,18)19/h2-5,12,20H,6-11H2,1H3. The van der Waals surface area contributed by atoms with Crippen molar-refractivity contribution in [3.63, 3.8) is 0 Å². The van der Waals surface area contributed by atoms with Crippen LogP contribution in [0.1, 0.15) is 6.42 Å². The monoisotopic (exact) mass is 346 g/mol. The first-order chi connectivity index (χ1) is 11.4. The van der Waals surface area contributed by atoms with Crippen LogP contribution in [0.4, 0.5) is 13.2 Å². The van der Waals surface area contributed by atoms with E-state index in [4.69, 9.17) is 9.47 Å². The van der Waals surface area contributed by atoms with Gasteiger partial charge in [-0.1, -0.05) is 12.1 Å². The van der Waals surface area contributed by atoms with E-state index in [1.165, 1.54) is 12.1 Å². The predicted octanol–water partition coefficient (Wildman–Crippen LogP) is 2.07. The van der Waals surface area contributed by atoms with Crippen molar-refractivity contribution in [1.29, 1.82) is 0 Å². The zero-order chi connectivity index (χ0) is 17.6. The number of para-hydroxylation sites is 2. The quantitative estimate of drug-likeness (QED) is 0.821. The molecule has 1 aromatic rings. The number of benzene rings is 1. The average Bonchev–Trinajstić information content (AvgIpc) is 3.00. The van der Waals surface area contributed by atoms with E-state index in [1.54, 1.807) is 17.0 Å². The molecule has 24 heavy (non-hydrogen) atoms. The maximum absolute atomic E-state index is 12.3. The van der Waals surface area contributed by atoms with Gasteiger partial charge in [-0.25, -0.2) is 0 Å². The van der Waals surface area contributed by atoms with Crippen LogP contribution in [0.25, 0.3) is 0 Å². The molecule has 0 aliphatic carbocycles. The lowest BCUT2D eigenvalue weighted by molar-refractivity contribution is -0.153. The number of alkyl halides is 3. The van der Waals surface area contributed by atoms with Crippen LogP contribution in [0.3, 0.4) is 0 Å². The number of hydrogen-bond donors (Lipinski definition) is 1. The van der Waals surface area contributed by atoms with Crippen LogP contribution in [0.5, 0.6) is 11.5 Å². The highest BCUT2D eigenvalue weighted by Gasteiger charge is 2.29. The van der Waals surface area contributed by atoms with Gasteiger partial charge in [-0.3, -0.25) is 4.79 Å². The Bertz CT molecular complexity index is 552. The number of amides is 1. The molecule has 1 atom stereocenters. The molecule has 0 spiro atoms. The van der Waals surface area contributed by atoms with Crippen molar-refractivity contribution < 1.29 is 27.4 Å². The van der Waals surface area contributed by atoms with Gasteiger partial charge in [0.25, 0.3) is 5.91 Å². The first-order valence-corrected chi connectivity index (χ1v) is 7.73. The van der Waals surface area contributed by atoms with E-state index >= 15 is 0 Å². The summed E-state index contributed by atoms with van der Waals surface area (Å²) >= 11 is 0. The van der Waals surface area contributed by atoms with E-state index in [0.29, 0.717) is 19.0 Å². The second kappa shape index (κ2) is 8.23. The lowest BCUT2D eigenvalue weighted by atomic mass is 10.1. The summed E-state index contributed by atoms with van der Waals surface area (Å²) in [4.78, 5) is 13.9. The summed E-state index contributed by atoms with van der Waals surface area (Å²) < 4.78 is 46.9. The molecule has 1 unspecified atom stereocenters. The van der Waals surface area contributed by atoms with Gasteiger partial charge < -0.3 is 19.7 Å². The van der Waals surface area contributed by atoms with Crippen LogP contribution >= 0.6 is 0 Å². The molecule has 1 heterocycles. The Kier molecular flexibility index (Phi) is 6.30. The van der Waals surface area contributed by atoms with Gasteiger partial charge in [-0.2, -0.15) is 13.2 Å². The Labute approximate surface area is 138 Å². The molecule has 134 valence electrons. The third-order valence-corrected chi connectivity index (χ3v) is 3.72. The van der Waals surface area contributed by atoms with Gasteiger partial charge in [0.2, 0.25) is 0 Å². The molecule has 0 radical (unpaired) electrons. The minimum atomic E-state index is -4.43. The zero-order valence-corrected chi connectivity index (χ0v) is 13.4. The van der Waals surface area contributed by atoms with Gasteiger partial charge in [-0.15, -0.1) is 0 Å². The van der Waals surface area contributed by atoms with E-state index < -0.39 is 12.8 Å². The number of carbonyl (C=O) groups excluding carboxylic acids is 1. The van der Waals surface area contributed by atoms with Crippen LogP contribution in [0.15, 0.2) is 24.3 Å². The third-order valence-electron chi connectivity index (χ3n) is 3.72. The van der Waals surface area contributed by atoms with Gasteiger partial charge in [0.05, 0.1) is 0 Å². The van der Waals surface area contributed by atoms with Gasteiger partial charge in [0.15, 0.2) is 24.7 Å². The molecular formula is C16H21F3N2O3. The minimum absolute atomic E-state index is 0.0305. The molecule has 0 aromatic heterocycles. The largest absolute Gasteiger partial charge is 0.480 e. The highest BCUT2D eigenvalue weighted by molar-refractivity contribution is 5.78. The summed E-state index contributed by atoms with van der Waals surface area (Å²) in [7, 11) is 1.87. The number of rotatable bonds is 7. The molecule has 1 aliphatic rings. The Morgan fingerprint density at radius 1 is 1.29 bits per heavy atom. The van der Waals surface area contributed by atoms with Crippen molar-refractivity contribution in [1.82, 2.24) is 10.2 Å². The summed E-state index contributed by atoms with van der Waals surface area (Å²) in [5, 5.41) is 3.08. The first kappa shape index (κ1) is 18.4. The summed E-state index contributed by atoms with van der Waals surface area (Å²) in [6, 6.07) is 6.01. The highest BCUT2D eigenvalue weighted by atomic mass is 19.4. The fourth-order valence-electron chi connectivity index (χ4n) is 2.59. The summed E-state index contributed by atoms with van der Waals surface area (Å²) in [6.45, 7) is 0.548. The van der Waals surface area contributed by atoms with Crippen molar-refractivity contribution >= 4 is 5.91 Å². The van der Waals surface area contributed by atoms with E-state index in [0.717, 1.165) is 13.0 Å².